The summed E-state index contributed by atoms with van der Waals surface area (Å²) in [6.45, 7) is 0. The van der Waals surface area contributed by atoms with Gasteiger partial charge in [-0.3, -0.25) is 9.48 Å². The van der Waals surface area contributed by atoms with E-state index in [1.807, 2.05) is 0 Å². The molecule has 7 nitrogen and oxygen atoms in total. The lowest BCUT2D eigenvalue weighted by molar-refractivity contribution is 0.102. The molecule has 2 rings (SSSR count). The molecule has 0 atom stereocenters. The van der Waals surface area contributed by atoms with Crippen molar-refractivity contribution in [1.29, 1.82) is 0 Å². The van der Waals surface area contributed by atoms with Gasteiger partial charge < -0.3 is 16.3 Å². The van der Waals surface area contributed by atoms with Crippen LogP contribution in [0.2, 0.25) is 5.02 Å². The van der Waals surface area contributed by atoms with E-state index in [2.05, 4.69) is 38.2 Å². The number of hydrogen-bond acceptors (Lipinski definition) is 4. The van der Waals surface area contributed by atoms with Crippen molar-refractivity contribution in [2.24, 2.45) is 17.9 Å². The average molecular weight is 420 g/mol. The molecule has 0 aliphatic rings. The molecule has 0 bridgehead atoms. The lowest BCUT2D eigenvalue weighted by atomic mass is 10.2. The van der Waals surface area contributed by atoms with Gasteiger partial charge in [0.05, 0.1) is 16.8 Å². The summed E-state index contributed by atoms with van der Waals surface area (Å²) in [5.41, 5.74) is 6.26. The second-order valence-corrected chi connectivity index (χ2v) is 5.67. The molecule has 0 spiro atoms. The van der Waals surface area contributed by atoms with Crippen molar-refractivity contribution in [3.63, 3.8) is 0 Å². The van der Waals surface area contributed by atoms with Crippen LogP contribution >= 0.6 is 34.2 Å². The van der Waals surface area contributed by atoms with Crippen LogP contribution < -0.4 is 11.1 Å². The van der Waals surface area contributed by atoms with Crippen LogP contribution in [-0.2, 0) is 7.05 Å². The Morgan fingerprint density at radius 3 is 2.90 bits per heavy atom. The molecule has 0 saturated heterocycles. The summed E-state index contributed by atoms with van der Waals surface area (Å²) in [7, 11) is 1.63. The molecule has 4 N–H and O–H groups in total. The van der Waals surface area contributed by atoms with Crippen LogP contribution in [0.25, 0.3) is 0 Å². The summed E-state index contributed by atoms with van der Waals surface area (Å²) < 4.78 is 2.27. The first-order valence-corrected chi connectivity index (χ1v) is 7.16. The number of carbonyl (C=O) groups is 1. The van der Waals surface area contributed by atoms with Crippen molar-refractivity contribution in [3.8, 4) is 0 Å². The molecule has 0 saturated carbocycles. The first kappa shape index (κ1) is 15.6. The molecule has 0 radical (unpaired) electrons. The molecular formula is C12H11ClIN5O2. The highest BCUT2D eigenvalue weighted by Crippen LogP contribution is 2.21. The van der Waals surface area contributed by atoms with Crippen molar-refractivity contribution >= 4 is 51.8 Å². The second-order valence-electron chi connectivity index (χ2n) is 4.10. The Bertz CT molecular complexity index is 728. The summed E-state index contributed by atoms with van der Waals surface area (Å²) in [5, 5.41) is 18.8. The number of nitrogens with zero attached hydrogens (tertiary/aromatic N) is 3. The van der Waals surface area contributed by atoms with Crippen LogP contribution in [0.1, 0.15) is 15.9 Å². The fourth-order valence-electron chi connectivity index (χ4n) is 1.64. The zero-order chi connectivity index (χ0) is 15.6. The third kappa shape index (κ3) is 3.27. The number of amides is 1. The lowest BCUT2D eigenvalue weighted by Gasteiger charge is -2.08. The molecule has 2 aromatic rings. The van der Waals surface area contributed by atoms with E-state index < -0.39 is 0 Å². The molecule has 0 fully saturated rings. The summed E-state index contributed by atoms with van der Waals surface area (Å²) in [5.74, 6) is -0.187. The number of benzene rings is 1. The summed E-state index contributed by atoms with van der Waals surface area (Å²) in [6.07, 6.45) is 1.39. The van der Waals surface area contributed by atoms with Gasteiger partial charge in [0.15, 0.2) is 5.84 Å². The van der Waals surface area contributed by atoms with E-state index in [1.54, 1.807) is 25.2 Å². The highest BCUT2D eigenvalue weighted by molar-refractivity contribution is 14.1. The fourth-order valence-corrected chi connectivity index (χ4v) is 2.16. The molecule has 1 amide bonds. The van der Waals surface area contributed by atoms with Crippen LogP contribution in [0.5, 0.6) is 0 Å². The Morgan fingerprint density at radius 2 is 2.29 bits per heavy atom. The van der Waals surface area contributed by atoms with Crippen molar-refractivity contribution in [2.75, 3.05) is 5.32 Å². The van der Waals surface area contributed by atoms with Crippen molar-refractivity contribution < 1.29 is 10.0 Å². The average Bonchev–Trinajstić information content (AvgIpc) is 2.82. The van der Waals surface area contributed by atoms with Crippen molar-refractivity contribution in [1.82, 2.24) is 9.78 Å². The Hall–Kier alpha value is -1.81. The predicted molar refractivity (Wildman–Crippen MR) is 87.8 cm³/mol. The van der Waals surface area contributed by atoms with Gasteiger partial charge in [-0.05, 0) is 40.8 Å². The number of rotatable bonds is 3. The first-order chi connectivity index (χ1) is 9.93. The molecule has 1 aromatic carbocycles. The maximum absolute atomic E-state index is 12.2. The quantitative estimate of drug-likeness (QED) is 0.233. The second kappa shape index (κ2) is 6.31. The van der Waals surface area contributed by atoms with Crippen LogP contribution in [0.3, 0.4) is 0 Å². The van der Waals surface area contributed by atoms with Gasteiger partial charge in [-0.2, -0.15) is 5.10 Å². The molecule has 21 heavy (non-hydrogen) atoms. The smallest absolute Gasteiger partial charge is 0.256 e. The minimum atomic E-state index is -0.371. The Balaban J connectivity index is 2.31. The van der Waals surface area contributed by atoms with Gasteiger partial charge in [0, 0.05) is 16.2 Å². The number of halogens is 2. The highest BCUT2D eigenvalue weighted by Gasteiger charge is 2.16. The number of nitrogens with two attached hydrogens (primary N) is 1. The normalized spacial score (nSPS) is 11.5. The Morgan fingerprint density at radius 1 is 1.57 bits per heavy atom. The third-order valence-electron chi connectivity index (χ3n) is 2.74. The fraction of sp³-hybridized carbons (Fsp3) is 0.0833. The summed E-state index contributed by atoms with van der Waals surface area (Å²) >= 11 is 8.07. The molecule has 0 aliphatic carbocycles. The minimum Gasteiger partial charge on any atom is -0.409 e. The monoisotopic (exact) mass is 419 g/mol. The number of nitrogens with one attached hydrogen (secondary N) is 1. The van der Waals surface area contributed by atoms with Gasteiger partial charge in [0.2, 0.25) is 0 Å². The number of aryl methyl sites for hydroxylation is 1. The zero-order valence-electron chi connectivity index (χ0n) is 10.8. The number of carbonyl (C=O) groups excluding carboxylic acids is 1. The Kier molecular flexibility index (Phi) is 4.68. The van der Waals surface area contributed by atoms with E-state index in [0.717, 1.165) is 3.57 Å². The first-order valence-electron chi connectivity index (χ1n) is 5.70. The lowest BCUT2D eigenvalue weighted by Crippen LogP contribution is -2.20. The van der Waals surface area contributed by atoms with Gasteiger partial charge in [-0.15, -0.1) is 0 Å². The van der Waals surface area contributed by atoms with Crippen LogP contribution in [0.4, 0.5) is 5.82 Å². The molecule has 0 aliphatic heterocycles. The van der Waals surface area contributed by atoms with E-state index in [1.165, 1.54) is 10.9 Å². The Labute approximate surface area is 138 Å². The van der Waals surface area contributed by atoms with Crippen LogP contribution in [0, 0.1) is 3.57 Å². The van der Waals surface area contributed by atoms with Gasteiger partial charge >= 0.3 is 0 Å². The SMILES string of the molecule is Cn1ncc(/C(N)=N/O)c1NC(=O)c1ccc(I)c(Cl)c1. The van der Waals surface area contributed by atoms with Gasteiger partial charge in [0.1, 0.15) is 5.82 Å². The standard InChI is InChI=1S/C12H11ClIN5O2/c1-19-11(7(5-16-19)10(15)18-21)17-12(20)6-2-3-9(14)8(13)4-6/h2-5,21H,1H3,(H2,15,18)(H,17,20). The number of amidine groups is 1. The summed E-state index contributed by atoms with van der Waals surface area (Å²) in [6, 6.07) is 4.96. The molecule has 0 unspecified atom stereocenters. The van der Waals surface area contributed by atoms with Crippen LogP contribution in [0.15, 0.2) is 29.6 Å². The van der Waals surface area contributed by atoms with E-state index in [9.17, 15) is 4.79 Å². The van der Waals surface area contributed by atoms with Gasteiger partial charge in [-0.1, -0.05) is 16.8 Å². The van der Waals surface area contributed by atoms with E-state index in [-0.39, 0.29) is 11.7 Å². The van der Waals surface area contributed by atoms with Crippen molar-refractivity contribution in [3.05, 3.63) is 44.1 Å². The van der Waals surface area contributed by atoms with E-state index in [4.69, 9.17) is 22.5 Å². The number of hydrogen-bond donors (Lipinski definition) is 3. The molecule has 110 valence electrons. The molecular weight excluding hydrogens is 409 g/mol. The molecule has 9 heteroatoms. The number of aromatic nitrogens is 2. The van der Waals surface area contributed by atoms with Gasteiger partial charge in [-0.25, -0.2) is 0 Å². The molecule has 1 heterocycles. The van der Waals surface area contributed by atoms with Crippen LogP contribution in [-0.4, -0.2) is 26.7 Å². The largest absolute Gasteiger partial charge is 0.409 e. The van der Waals surface area contributed by atoms with Gasteiger partial charge in [0.25, 0.3) is 5.91 Å². The van der Waals surface area contributed by atoms with E-state index in [0.29, 0.717) is 22.0 Å². The summed E-state index contributed by atoms with van der Waals surface area (Å²) in [4.78, 5) is 12.2. The van der Waals surface area contributed by atoms with E-state index >= 15 is 0 Å². The van der Waals surface area contributed by atoms with Crippen molar-refractivity contribution in [2.45, 2.75) is 0 Å². The highest BCUT2D eigenvalue weighted by atomic mass is 127. The third-order valence-corrected chi connectivity index (χ3v) is 4.31. The number of anilines is 1. The maximum atomic E-state index is 12.2. The maximum Gasteiger partial charge on any atom is 0.256 e. The topological polar surface area (TPSA) is 106 Å². The predicted octanol–water partition coefficient (Wildman–Crippen LogP) is 2.02. The molecule has 1 aromatic heterocycles. The minimum absolute atomic E-state index is 0.140. The zero-order valence-corrected chi connectivity index (χ0v) is 13.8. The number of oxime groups is 1.